The number of hydrogen-bond acceptors (Lipinski definition) is 4. The van der Waals surface area contributed by atoms with Crippen LogP contribution in [-0.2, 0) is 4.79 Å². The van der Waals surface area contributed by atoms with Crippen LogP contribution in [0.25, 0.3) is 0 Å². The van der Waals surface area contributed by atoms with Crippen molar-refractivity contribution in [2.24, 2.45) is 0 Å². The Bertz CT molecular complexity index is 792. The summed E-state index contributed by atoms with van der Waals surface area (Å²) in [4.78, 5) is 23.3. The molecule has 24 heavy (non-hydrogen) atoms. The molecule has 1 aromatic carbocycles. The third-order valence-corrected chi connectivity index (χ3v) is 3.95. The van der Waals surface area contributed by atoms with E-state index in [0.717, 1.165) is 0 Å². The molecule has 0 saturated heterocycles. The van der Waals surface area contributed by atoms with Crippen LogP contribution in [0, 0.1) is 11.8 Å². The first kappa shape index (κ1) is 17.9. The number of ether oxygens (including phenoxy) is 1. The zero-order chi connectivity index (χ0) is 17.4. The number of amides is 2. The van der Waals surface area contributed by atoms with Gasteiger partial charge in [0, 0.05) is 18.7 Å². The summed E-state index contributed by atoms with van der Waals surface area (Å²) >= 11 is 6.99. The summed E-state index contributed by atoms with van der Waals surface area (Å²) in [6.07, 6.45) is 0. The molecule has 124 valence electrons. The fraction of sp³-hybridized carbons (Fsp3) is 0.176. The Labute approximate surface area is 149 Å². The Morgan fingerprint density at radius 1 is 1.25 bits per heavy atom. The predicted octanol–water partition coefficient (Wildman–Crippen LogP) is 3.17. The van der Waals surface area contributed by atoms with Crippen molar-refractivity contribution in [3.8, 4) is 17.6 Å². The molecule has 0 saturated carbocycles. The van der Waals surface area contributed by atoms with E-state index in [9.17, 15) is 9.59 Å². The molecule has 5 nitrogen and oxygen atoms in total. The molecule has 2 N–H and O–H groups in total. The second-order valence-electron chi connectivity index (χ2n) is 4.64. The van der Waals surface area contributed by atoms with Crippen molar-refractivity contribution in [2.45, 2.75) is 6.92 Å². The molecule has 0 atom stereocenters. The minimum absolute atomic E-state index is 0.144. The van der Waals surface area contributed by atoms with Gasteiger partial charge in [-0.15, -0.1) is 11.3 Å². The third-order valence-electron chi connectivity index (χ3n) is 2.72. The molecule has 0 fully saturated rings. The summed E-state index contributed by atoms with van der Waals surface area (Å²) in [5, 5.41) is 5.35. The van der Waals surface area contributed by atoms with Crippen molar-refractivity contribution in [1.82, 2.24) is 5.32 Å². The van der Waals surface area contributed by atoms with Gasteiger partial charge in [-0.1, -0.05) is 29.5 Å². The van der Waals surface area contributed by atoms with Crippen molar-refractivity contribution < 1.29 is 14.3 Å². The number of halogens is 1. The van der Waals surface area contributed by atoms with E-state index in [1.165, 1.54) is 18.3 Å². The Hall–Kier alpha value is -2.49. The molecule has 0 bridgehead atoms. The average molecular weight is 363 g/mol. The molecular formula is C17H15ClN2O3S. The molecule has 0 aliphatic carbocycles. The van der Waals surface area contributed by atoms with Crippen LogP contribution >= 0.6 is 22.9 Å². The van der Waals surface area contributed by atoms with Gasteiger partial charge in [0.2, 0.25) is 5.91 Å². The highest BCUT2D eigenvalue weighted by molar-refractivity contribution is 7.17. The van der Waals surface area contributed by atoms with Crippen molar-refractivity contribution in [1.29, 1.82) is 0 Å². The summed E-state index contributed by atoms with van der Waals surface area (Å²) in [6, 6.07) is 10.4. The first-order chi connectivity index (χ1) is 11.5. The van der Waals surface area contributed by atoms with Gasteiger partial charge in [0.05, 0.1) is 15.8 Å². The van der Waals surface area contributed by atoms with Crippen LogP contribution in [0.15, 0.2) is 36.4 Å². The van der Waals surface area contributed by atoms with Crippen LogP contribution < -0.4 is 15.4 Å². The zero-order valence-corrected chi connectivity index (χ0v) is 14.5. The molecule has 2 amide bonds. The van der Waals surface area contributed by atoms with Gasteiger partial charge in [0.15, 0.2) is 0 Å². The van der Waals surface area contributed by atoms with Crippen molar-refractivity contribution in [3.63, 3.8) is 0 Å². The van der Waals surface area contributed by atoms with E-state index in [4.69, 9.17) is 16.3 Å². The topological polar surface area (TPSA) is 67.4 Å². The van der Waals surface area contributed by atoms with Crippen LogP contribution in [0.3, 0.4) is 0 Å². The molecule has 1 heterocycles. The Morgan fingerprint density at radius 3 is 2.79 bits per heavy atom. The quantitative estimate of drug-likeness (QED) is 0.803. The molecule has 0 unspecified atom stereocenters. The SMILES string of the molecule is CC(=O)Nc1cccc(OCC#CCNC(=O)c2ccc(Cl)s2)c1. The predicted molar refractivity (Wildman–Crippen MR) is 95.7 cm³/mol. The number of thiophene rings is 1. The van der Waals surface area contributed by atoms with Gasteiger partial charge < -0.3 is 15.4 Å². The molecular weight excluding hydrogens is 348 g/mol. The zero-order valence-electron chi connectivity index (χ0n) is 12.9. The highest BCUT2D eigenvalue weighted by atomic mass is 35.5. The summed E-state index contributed by atoms with van der Waals surface area (Å²) in [6.45, 7) is 1.85. The first-order valence-electron chi connectivity index (χ1n) is 7.04. The number of nitrogens with one attached hydrogen (secondary N) is 2. The van der Waals surface area contributed by atoms with E-state index in [1.807, 2.05) is 0 Å². The lowest BCUT2D eigenvalue weighted by Gasteiger charge is -2.05. The summed E-state index contributed by atoms with van der Waals surface area (Å²) in [5.74, 6) is 5.87. The maximum Gasteiger partial charge on any atom is 0.262 e. The summed E-state index contributed by atoms with van der Waals surface area (Å²) in [5.41, 5.74) is 0.662. The van der Waals surface area contributed by atoms with Gasteiger partial charge in [0.25, 0.3) is 5.91 Å². The van der Waals surface area contributed by atoms with Crippen molar-refractivity contribution in [2.75, 3.05) is 18.5 Å². The lowest BCUT2D eigenvalue weighted by molar-refractivity contribution is -0.114. The minimum Gasteiger partial charge on any atom is -0.481 e. The van der Waals surface area contributed by atoms with E-state index >= 15 is 0 Å². The Morgan fingerprint density at radius 2 is 2.08 bits per heavy atom. The van der Waals surface area contributed by atoms with E-state index in [1.54, 1.807) is 36.4 Å². The lowest BCUT2D eigenvalue weighted by atomic mass is 10.3. The van der Waals surface area contributed by atoms with E-state index in [-0.39, 0.29) is 25.0 Å². The molecule has 2 rings (SSSR count). The molecule has 0 radical (unpaired) electrons. The van der Waals surface area contributed by atoms with Crippen LogP contribution in [0.2, 0.25) is 4.34 Å². The Balaban J connectivity index is 1.74. The monoisotopic (exact) mass is 362 g/mol. The van der Waals surface area contributed by atoms with Crippen molar-refractivity contribution in [3.05, 3.63) is 45.6 Å². The van der Waals surface area contributed by atoms with Gasteiger partial charge >= 0.3 is 0 Å². The van der Waals surface area contributed by atoms with E-state index in [0.29, 0.717) is 20.7 Å². The smallest absolute Gasteiger partial charge is 0.262 e. The van der Waals surface area contributed by atoms with Crippen LogP contribution in [-0.4, -0.2) is 25.0 Å². The van der Waals surface area contributed by atoms with Crippen LogP contribution in [0.4, 0.5) is 5.69 Å². The molecule has 0 aliphatic rings. The number of benzene rings is 1. The van der Waals surface area contributed by atoms with Gasteiger partial charge in [-0.05, 0) is 24.3 Å². The van der Waals surface area contributed by atoms with Gasteiger partial charge in [-0.3, -0.25) is 9.59 Å². The molecule has 7 heteroatoms. The van der Waals surface area contributed by atoms with E-state index in [2.05, 4.69) is 22.5 Å². The maximum atomic E-state index is 11.7. The minimum atomic E-state index is -0.204. The fourth-order valence-electron chi connectivity index (χ4n) is 1.75. The molecule has 2 aromatic rings. The number of hydrogen-bond donors (Lipinski definition) is 2. The molecule has 0 spiro atoms. The summed E-state index contributed by atoms with van der Waals surface area (Å²) < 4.78 is 6.04. The first-order valence-corrected chi connectivity index (χ1v) is 8.24. The number of rotatable bonds is 5. The van der Waals surface area contributed by atoms with Gasteiger partial charge in [0.1, 0.15) is 12.4 Å². The summed E-state index contributed by atoms with van der Waals surface area (Å²) in [7, 11) is 0. The second-order valence-corrected chi connectivity index (χ2v) is 6.35. The van der Waals surface area contributed by atoms with Gasteiger partial charge in [-0.25, -0.2) is 0 Å². The van der Waals surface area contributed by atoms with E-state index < -0.39 is 0 Å². The average Bonchev–Trinajstić information content (AvgIpc) is 2.97. The number of anilines is 1. The fourth-order valence-corrected chi connectivity index (χ4v) is 2.71. The third kappa shape index (κ3) is 5.95. The normalized spacial score (nSPS) is 9.58. The highest BCUT2D eigenvalue weighted by Gasteiger charge is 2.06. The standard InChI is InChI=1S/C17H15ClN2O3S/c1-12(21)20-13-5-4-6-14(11-13)23-10-3-2-9-19-17(22)15-7-8-16(18)24-15/h4-8,11H,9-10H2,1H3,(H,19,22)(H,20,21). The van der Waals surface area contributed by atoms with Crippen LogP contribution in [0.5, 0.6) is 5.75 Å². The Kier molecular flexibility index (Phi) is 6.67. The highest BCUT2D eigenvalue weighted by Crippen LogP contribution is 2.21. The van der Waals surface area contributed by atoms with Gasteiger partial charge in [-0.2, -0.15) is 0 Å². The largest absolute Gasteiger partial charge is 0.481 e. The second kappa shape index (κ2) is 8.96. The molecule has 0 aliphatic heterocycles. The number of carbonyl (C=O) groups is 2. The maximum absolute atomic E-state index is 11.7. The molecule has 1 aromatic heterocycles. The van der Waals surface area contributed by atoms with Crippen LogP contribution in [0.1, 0.15) is 16.6 Å². The van der Waals surface area contributed by atoms with Crippen molar-refractivity contribution >= 4 is 40.4 Å². The number of carbonyl (C=O) groups excluding carboxylic acids is 2. The lowest BCUT2D eigenvalue weighted by Crippen LogP contribution is -2.22.